The predicted molar refractivity (Wildman–Crippen MR) is 77.5 cm³/mol. The van der Waals surface area contributed by atoms with Crippen LogP contribution in [0.4, 0.5) is 0 Å². The summed E-state index contributed by atoms with van der Waals surface area (Å²) in [4.78, 5) is 0. The molecule has 1 aliphatic rings. The first kappa shape index (κ1) is 13.0. The molecule has 0 aromatic heterocycles. The van der Waals surface area contributed by atoms with Crippen LogP contribution in [0.1, 0.15) is 22.8 Å². The van der Waals surface area contributed by atoms with Crippen molar-refractivity contribution in [3.8, 4) is 11.5 Å². The van der Waals surface area contributed by atoms with E-state index in [9.17, 15) is 0 Å². The Bertz CT molecular complexity index is 607. The Balaban J connectivity index is 2.02. The second kappa shape index (κ2) is 5.55. The van der Waals surface area contributed by atoms with Crippen LogP contribution in [0.2, 0.25) is 0 Å². The summed E-state index contributed by atoms with van der Waals surface area (Å²) in [7, 11) is 3.29. The minimum atomic E-state index is -0.0280. The number of ether oxygens (including phenoxy) is 3. The van der Waals surface area contributed by atoms with E-state index in [2.05, 4.69) is 24.3 Å². The Morgan fingerprint density at radius 1 is 1.00 bits per heavy atom. The molecule has 0 amide bonds. The van der Waals surface area contributed by atoms with E-state index in [-0.39, 0.29) is 6.10 Å². The summed E-state index contributed by atoms with van der Waals surface area (Å²) < 4.78 is 16.6. The number of hydrogen-bond donors (Lipinski definition) is 0. The van der Waals surface area contributed by atoms with Crippen LogP contribution in [0.25, 0.3) is 0 Å². The van der Waals surface area contributed by atoms with Crippen LogP contribution in [0.5, 0.6) is 11.5 Å². The number of hydrogen-bond acceptors (Lipinski definition) is 3. The molecule has 0 unspecified atom stereocenters. The van der Waals surface area contributed by atoms with E-state index in [1.165, 1.54) is 11.1 Å². The highest BCUT2D eigenvalue weighted by Crippen LogP contribution is 2.36. The molecule has 0 bridgehead atoms. The van der Waals surface area contributed by atoms with E-state index >= 15 is 0 Å². The average molecular weight is 270 g/mol. The first-order valence-electron chi connectivity index (χ1n) is 6.75. The highest BCUT2D eigenvalue weighted by Gasteiger charge is 2.23. The highest BCUT2D eigenvalue weighted by atomic mass is 16.5. The van der Waals surface area contributed by atoms with E-state index in [4.69, 9.17) is 14.2 Å². The minimum absolute atomic E-state index is 0.0280. The third-order valence-corrected chi connectivity index (χ3v) is 3.70. The molecule has 3 nitrogen and oxygen atoms in total. The second-order valence-electron chi connectivity index (χ2n) is 4.81. The van der Waals surface area contributed by atoms with E-state index in [1.54, 1.807) is 14.2 Å². The lowest BCUT2D eigenvalue weighted by atomic mass is 9.93. The monoisotopic (exact) mass is 270 g/mol. The summed E-state index contributed by atoms with van der Waals surface area (Å²) >= 11 is 0. The van der Waals surface area contributed by atoms with Gasteiger partial charge in [-0.25, -0.2) is 0 Å². The molecular weight excluding hydrogens is 252 g/mol. The summed E-state index contributed by atoms with van der Waals surface area (Å²) in [5.41, 5.74) is 3.69. The van der Waals surface area contributed by atoms with Gasteiger partial charge in [0.25, 0.3) is 0 Å². The first-order chi connectivity index (χ1) is 9.83. The average Bonchev–Trinajstić information content (AvgIpc) is 2.53. The largest absolute Gasteiger partial charge is 0.493 e. The summed E-state index contributed by atoms with van der Waals surface area (Å²) in [5.74, 6) is 1.47. The second-order valence-corrected chi connectivity index (χ2v) is 4.81. The molecule has 0 saturated heterocycles. The SMILES string of the molecule is COc1ccc([C@@H]2OCCc3ccccc32)cc1OC. The van der Waals surface area contributed by atoms with Gasteiger partial charge in [-0.15, -0.1) is 0 Å². The van der Waals surface area contributed by atoms with Gasteiger partial charge < -0.3 is 14.2 Å². The van der Waals surface area contributed by atoms with Crippen LogP contribution >= 0.6 is 0 Å². The van der Waals surface area contributed by atoms with Crippen LogP contribution in [0.15, 0.2) is 42.5 Å². The van der Waals surface area contributed by atoms with Gasteiger partial charge in [0, 0.05) is 0 Å². The molecule has 0 radical (unpaired) electrons. The summed E-state index contributed by atoms with van der Waals surface area (Å²) in [5, 5.41) is 0. The quantitative estimate of drug-likeness (QED) is 0.856. The van der Waals surface area contributed by atoms with Gasteiger partial charge in [0.05, 0.1) is 20.8 Å². The fourth-order valence-corrected chi connectivity index (χ4v) is 2.69. The van der Waals surface area contributed by atoms with Crippen LogP contribution in [-0.2, 0) is 11.2 Å². The molecule has 3 rings (SSSR count). The summed E-state index contributed by atoms with van der Waals surface area (Å²) in [6, 6.07) is 14.4. The standard InChI is InChI=1S/C17H18O3/c1-18-15-8-7-13(11-16(15)19-2)17-14-6-4-3-5-12(14)9-10-20-17/h3-8,11,17H,9-10H2,1-2H3/t17-/m0/s1. The van der Waals surface area contributed by atoms with Crippen molar-refractivity contribution in [1.82, 2.24) is 0 Å². The maximum absolute atomic E-state index is 5.97. The molecule has 0 spiro atoms. The summed E-state index contributed by atoms with van der Waals surface area (Å²) in [6.45, 7) is 0.746. The Kier molecular flexibility index (Phi) is 3.61. The number of rotatable bonds is 3. The maximum Gasteiger partial charge on any atom is 0.161 e. The van der Waals surface area contributed by atoms with Gasteiger partial charge in [-0.2, -0.15) is 0 Å². The lowest BCUT2D eigenvalue weighted by molar-refractivity contribution is 0.0696. The molecule has 20 heavy (non-hydrogen) atoms. The van der Waals surface area contributed by atoms with Crippen LogP contribution in [0.3, 0.4) is 0 Å². The first-order valence-corrected chi connectivity index (χ1v) is 6.75. The third-order valence-electron chi connectivity index (χ3n) is 3.70. The van der Waals surface area contributed by atoms with Crippen molar-refractivity contribution in [3.05, 3.63) is 59.2 Å². The molecule has 1 heterocycles. The van der Waals surface area contributed by atoms with Crippen LogP contribution < -0.4 is 9.47 Å². The lowest BCUT2D eigenvalue weighted by Crippen LogP contribution is -2.17. The van der Waals surface area contributed by atoms with Gasteiger partial charge in [-0.3, -0.25) is 0 Å². The topological polar surface area (TPSA) is 27.7 Å². The van der Waals surface area contributed by atoms with Gasteiger partial charge in [0.2, 0.25) is 0 Å². The summed E-state index contributed by atoms with van der Waals surface area (Å²) in [6.07, 6.45) is 0.944. The maximum atomic E-state index is 5.97. The molecule has 0 fully saturated rings. The van der Waals surface area contributed by atoms with Crippen LogP contribution in [-0.4, -0.2) is 20.8 Å². The van der Waals surface area contributed by atoms with Crippen molar-refractivity contribution >= 4 is 0 Å². The molecule has 104 valence electrons. The van der Waals surface area contributed by atoms with Crippen molar-refractivity contribution in [1.29, 1.82) is 0 Å². The van der Waals surface area contributed by atoms with Gasteiger partial charge >= 0.3 is 0 Å². The minimum Gasteiger partial charge on any atom is -0.493 e. The lowest BCUT2D eigenvalue weighted by Gasteiger charge is -2.26. The molecule has 0 saturated carbocycles. The van der Waals surface area contributed by atoms with Crippen molar-refractivity contribution in [2.75, 3.05) is 20.8 Å². The smallest absolute Gasteiger partial charge is 0.161 e. The molecule has 0 aliphatic carbocycles. The van der Waals surface area contributed by atoms with E-state index < -0.39 is 0 Å². The fourth-order valence-electron chi connectivity index (χ4n) is 2.69. The van der Waals surface area contributed by atoms with Crippen LogP contribution in [0, 0.1) is 0 Å². The zero-order valence-electron chi connectivity index (χ0n) is 11.8. The van der Waals surface area contributed by atoms with E-state index in [0.29, 0.717) is 0 Å². The molecule has 1 aliphatic heterocycles. The molecule has 0 N–H and O–H groups in total. The van der Waals surface area contributed by atoms with E-state index in [1.807, 2.05) is 18.2 Å². The van der Waals surface area contributed by atoms with Crippen molar-refractivity contribution in [3.63, 3.8) is 0 Å². The van der Waals surface area contributed by atoms with Gasteiger partial charge in [0.15, 0.2) is 11.5 Å². The fraction of sp³-hybridized carbons (Fsp3) is 0.294. The molecule has 3 heteroatoms. The Morgan fingerprint density at radius 2 is 1.80 bits per heavy atom. The number of methoxy groups -OCH3 is 2. The van der Waals surface area contributed by atoms with Gasteiger partial charge in [0.1, 0.15) is 6.10 Å². The number of fused-ring (bicyclic) bond motifs is 1. The molecular formula is C17H18O3. The van der Waals surface area contributed by atoms with Gasteiger partial charge in [-0.1, -0.05) is 30.3 Å². The predicted octanol–water partition coefficient (Wildman–Crippen LogP) is 3.37. The Hall–Kier alpha value is -2.00. The van der Waals surface area contributed by atoms with Gasteiger partial charge in [-0.05, 0) is 35.2 Å². The van der Waals surface area contributed by atoms with Crippen molar-refractivity contribution in [2.24, 2.45) is 0 Å². The highest BCUT2D eigenvalue weighted by molar-refractivity contribution is 5.46. The van der Waals surface area contributed by atoms with E-state index in [0.717, 1.165) is 30.1 Å². The zero-order valence-corrected chi connectivity index (χ0v) is 11.8. The molecule has 2 aromatic rings. The number of benzene rings is 2. The zero-order chi connectivity index (χ0) is 13.9. The Morgan fingerprint density at radius 3 is 2.60 bits per heavy atom. The molecule has 1 atom stereocenters. The Labute approximate surface area is 119 Å². The molecule has 2 aromatic carbocycles. The normalized spacial score (nSPS) is 17.4. The third kappa shape index (κ3) is 2.25. The van der Waals surface area contributed by atoms with Crippen molar-refractivity contribution < 1.29 is 14.2 Å². The van der Waals surface area contributed by atoms with Crippen molar-refractivity contribution in [2.45, 2.75) is 12.5 Å².